The zero-order chi connectivity index (χ0) is 13.8. The molecule has 1 aliphatic carbocycles. The fourth-order valence-corrected chi connectivity index (χ4v) is 2.90. The highest BCUT2D eigenvalue weighted by atomic mass is 15.1. The largest absolute Gasteiger partial charge is 0.314 e. The van der Waals surface area contributed by atoms with E-state index in [2.05, 4.69) is 51.9 Å². The zero-order valence-corrected chi connectivity index (χ0v) is 13.4. The van der Waals surface area contributed by atoms with Gasteiger partial charge in [0.1, 0.15) is 0 Å². The van der Waals surface area contributed by atoms with Crippen molar-refractivity contribution in [3.63, 3.8) is 0 Å². The second kappa shape index (κ2) is 6.91. The van der Waals surface area contributed by atoms with Gasteiger partial charge in [0.2, 0.25) is 0 Å². The van der Waals surface area contributed by atoms with E-state index in [1.807, 2.05) is 0 Å². The lowest BCUT2D eigenvalue weighted by molar-refractivity contribution is 0.0837. The zero-order valence-electron chi connectivity index (χ0n) is 13.4. The van der Waals surface area contributed by atoms with Gasteiger partial charge in [-0.2, -0.15) is 0 Å². The molecule has 2 nitrogen and oxygen atoms in total. The van der Waals surface area contributed by atoms with E-state index in [0.29, 0.717) is 17.5 Å². The Labute approximate surface area is 115 Å². The molecule has 0 unspecified atom stereocenters. The van der Waals surface area contributed by atoms with Gasteiger partial charge < -0.3 is 10.2 Å². The highest BCUT2D eigenvalue weighted by Crippen LogP contribution is 2.39. The number of nitrogens with zero attached hydrogens (tertiary/aromatic N) is 1. The highest BCUT2D eigenvalue weighted by molar-refractivity contribution is 4.89. The summed E-state index contributed by atoms with van der Waals surface area (Å²) < 4.78 is 0. The van der Waals surface area contributed by atoms with Crippen LogP contribution < -0.4 is 5.32 Å². The van der Waals surface area contributed by atoms with Crippen molar-refractivity contribution >= 4 is 0 Å². The maximum Gasteiger partial charge on any atom is 0.00498 e. The van der Waals surface area contributed by atoms with Crippen LogP contribution >= 0.6 is 0 Å². The summed E-state index contributed by atoms with van der Waals surface area (Å²) >= 11 is 0. The Morgan fingerprint density at radius 3 is 2.17 bits per heavy atom. The van der Waals surface area contributed by atoms with Crippen LogP contribution in [0.1, 0.15) is 60.3 Å². The molecule has 0 bridgehead atoms. The Balaban J connectivity index is 2.62. The van der Waals surface area contributed by atoms with E-state index >= 15 is 0 Å². The molecule has 1 fully saturated rings. The Morgan fingerprint density at radius 2 is 1.72 bits per heavy atom. The fourth-order valence-electron chi connectivity index (χ4n) is 2.90. The van der Waals surface area contributed by atoms with Crippen LogP contribution in [0.5, 0.6) is 0 Å². The van der Waals surface area contributed by atoms with Crippen molar-refractivity contribution in [1.82, 2.24) is 10.2 Å². The molecule has 1 rings (SSSR count). The summed E-state index contributed by atoms with van der Waals surface area (Å²) in [6, 6.07) is 1.26. The van der Waals surface area contributed by atoms with Gasteiger partial charge >= 0.3 is 0 Å². The molecule has 0 amide bonds. The summed E-state index contributed by atoms with van der Waals surface area (Å²) in [5, 5.41) is 3.69. The lowest BCUT2D eigenvalue weighted by Gasteiger charge is -2.43. The Bertz CT molecular complexity index is 227. The van der Waals surface area contributed by atoms with E-state index in [0.717, 1.165) is 5.92 Å². The van der Waals surface area contributed by atoms with E-state index < -0.39 is 0 Å². The molecule has 0 spiro atoms. The maximum atomic E-state index is 3.69. The molecule has 0 heterocycles. The number of nitrogens with one attached hydrogen (secondary N) is 1. The van der Waals surface area contributed by atoms with Crippen LogP contribution in [0.2, 0.25) is 0 Å². The van der Waals surface area contributed by atoms with E-state index in [1.54, 1.807) is 0 Å². The topological polar surface area (TPSA) is 15.3 Å². The highest BCUT2D eigenvalue weighted by Gasteiger charge is 2.35. The minimum Gasteiger partial charge on any atom is -0.314 e. The number of hydrogen-bond donors (Lipinski definition) is 1. The fraction of sp³-hybridized carbons (Fsp3) is 1.00. The summed E-state index contributed by atoms with van der Waals surface area (Å²) in [6.07, 6.45) is 5.60. The monoisotopic (exact) mass is 254 g/mol. The summed E-state index contributed by atoms with van der Waals surface area (Å²) in [7, 11) is 2.28. The van der Waals surface area contributed by atoms with Crippen molar-refractivity contribution in [2.24, 2.45) is 11.3 Å². The molecular weight excluding hydrogens is 220 g/mol. The van der Waals surface area contributed by atoms with Crippen molar-refractivity contribution in [2.45, 2.75) is 72.4 Å². The first-order valence-corrected chi connectivity index (χ1v) is 7.78. The molecule has 0 aromatic rings. The lowest BCUT2D eigenvalue weighted by Crippen LogP contribution is -2.48. The second-order valence-corrected chi connectivity index (χ2v) is 7.23. The second-order valence-electron chi connectivity index (χ2n) is 7.23. The quantitative estimate of drug-likeness (QED) is 0.780. The Kier molecular flexibility index (Phi) is 6.13. The van der Waals surface area contributed by atoms with Crippen molar-refractivity contribution < 1.29 is 0 Å². The van der Waals surface area contributed by atoms with Crippen molar-refractivity contribution in [3.8, 4) is 0 Å². The molecule has 0 radical (unpaired) electrons. The van der Waals surface area contributed by atoms with E-state index in [4.69, 9.17) is 0 Å². The standard InChI is InChI=1S/C16H34N2/c1-13(2)17-11-16(12-18(6)14(3)4)9-7-15(5)8-10-16/h13-15,17H,7-12H2,1-6H3. The van der Waals surface area contributed by atoms with Gasteiger partial charge in [0.05, 0.1) is 0 Å². The summed E-state index contributed by atoms with van der Waals surface area (Å²) in [6.45, 7) is 14.0. The van der Waals surface area contributed by atoms with Crippen LogP contribution in [0.15, 0.2) is 0 Å². The van der Waals surface area contributed by atoms with Gasteiger partial charge in [0.15, 0.2) is 0 Å². The van der Waals surface area contributed by atoms with Gasteiger partial charge in [-0.15, -0.1) is 0 Å². The average Bonchev–Trinajstić information content (AvgIpc) is 2.30. The van der Waals surface area contributed by atoms with Crippen LogP contribution in [-0.2, 0) is 0 Å². The van der Waals surface area contributed by atoms with Gasteiger partial charge in [0, 0.05) is 25.2 Å². The predicted octanol–water partition coefficient (Wildman–Crippen LogP) is 3.52. The molecule has 1 aliphatic rings. The van der Waals surface area contributed by atoms with Crippen LogP contribution in [0.3, 0.4) is 0 Å². The maximum absolute atomic E-state index is 3.69. The van der Waals surface area contributed by atoms with E-state index in [9.17, 15) is 0 Å². The third-order valence-corrected chi connectivity index (χ3v) is 4.69. The van der Waals surface area contributed by atoms with Crippen LogP contribution in [0.25, 0.3) is 0 Å². The summed E-state index contributed by atoms with van der Waals surface area (Å²) in [5.74, 6) is 0.932. The molecule has 0 aromatic heterocycles. The first-order valence-electron chi connectivity index (χ1n) is 7.78. The first kappa shape index (κ1) is 16.0. The normalized spacial score (nSPS) is 29.5. The molecule has 0 aromatic carbocycles. The van der Waals surface area contributed by atoms with Gasteiger partial charge in [0.25, 0.3) is 0 Å². The Morgan fingerprint density at radius 1 is 1.17 bits per heavy atom. The number of hydrogen-bond acceptors (Lipinski definition) is 2. The molecular formula is C16H34N2. The van der Waals surface area contributed by atoms with Crippen LogP contribution in [-0.4, -0.2) is 37.1 Å². The average molecular weight is 254 g/mol. The van der Waals surface area contributed by atoms with E-state index in [1.165, 1.54) is 38.8 Å². The predicted molar refractivity (Wildman–Crippen MR) is 81.0 cm³/mol. The minimum absolute atomic E-state index is 0.510. The molecule has 0 aliphatic heterocycles. The summed E-state index contributed by atoms with van der Waals surface area (Å²) in [5.41, 5.74) is 0.510. The van der Waals surface area contributed by atoms with Crippen LogP contribution in [0, 0.1) is 11.3 Å². The molecule has 1 N–H and O–H groups in total. The smallest absolute Gasteiger partial charge is 0.00498 e. The third-order valence-electron chi connectivity index (χ3n) is 4.69. The molecule has 2 heteroatoms. The summed E-state index contributed by atoms with van der Waals surface area (Å²) in [4.78, 5) is 2.53. The van der Waals surface area contributed by atoms with Gasteiger partial charge in [-0.1, -0.05) is 33.6 Å². The Hall–Kier alpha value is -0.0800. The van der Waals surface area contributed by atoms with Crippen molar-refractivity contribution in [2.75, 3.05) is 20.1 Å². The third kappa shape index (κ3) is 4.89. The molecule has 0 atom stereocenters. The first-order chi connectivity index (χ1) is 8.34. The molecule has 18 heavy (non-hydrogen) atoms. The molecule has 108 valence electrons. The molecule has 0 saturated heterocycles. The van der Waals surface area contributed by atoms with E-state index in [-0.39, 0.29) is 0 Å². The lowest BCUT2D eigenvalue weighted by atomic mass is 9.70. The minimum atomic E-state index is 0.510. The van der Waals surface area contributed by atoms with Gasteiger partial charge in [-0.05, 0) is 45.1 Å². The van der Waals surface area contributed by atoms with Crippen LogP contribution in [0.4, 0.5) is 0 Å². The van der Waals surface area contributed by atoms with Gasteiger partial charge in [-0.25, -0.2) is 0 Å². The SMILES string of the molecule is CC1CCC(CNC(C)C)(CN(C)C(C)C)CC1. The van der Waals surface area contributed by atoms with Gasteiger partial charge in [-0.3, -0.25) is 0 Å². The van der Waals surface area contributed by atoms with Crippen molar-refractivity contribution in [3.05, 3.63) is 0 Å². The molecule has 1 saturated carbocycles. The number of rotatable bonds is 6. The van der Waals surface area contributed by atoms with Crippen molar-refractivity contribution in [1.29, 1.82) is 0 Å².